The first kappa shape index (κ1) is 17.1. The van der Waals surface area contributed by atoms with Gasteiger partial charge in [-0.15, -0.1) is 0 Å². The van der Waals surface area contributed by atoms with Crippen molar-refractivity contribution >= 4 is 20.9 Å². The third kappa shape index (κ3) is 2.80. The van der Waals surface area contributed by atoms with Crippen LogP contribution in [0.1, 0.15) is 42.9 Å². The van der Waals surface area contributed by atoms with Gasteiger partial charge >= 0.3 is 0 Å². The van der Waals surface area contributed by atoms with Crippen molar-refractivity contribution in [1.82, 2.24) is 9.29 Å². The molecular formula is C19H26N2O3S. The van der Waals surface area contributed by atoms with Crippen molar-refractivity contribution in [2.24, 2.45) is 11.8 Å². The third-order valence-electron chi connectivity index (χ3n) is 6.06. The minimum absolute atomic E-state index is 0.157. The van der Waals surface area contributed by atoms with Crippen LogP contribution in [0, 0.1) is 11.8 Å². The van der Waals surface area contributed by atoms with Crippen LogP contribution in [0.25, 0.3) is 10.9 Å². The average molecular weight is 362 g/mol. The molecule has 1 aliphatic carbocycles. The average Bonchev–Trinajstić information content (AvgIpc) is 3.20. The Morgan fingerprint density at radius 1 is 1.28 bits per heavy atom. The lowest BCUT2D eigenvalue weighted by Crippen LogP contribution is -2.37. The van der Waals surface area contributed by atoms with Crippen LogP contribution in [0.3, 0.4) is 0 Å². The summed E-state index contributed by atoms with van der Waals surface area (Å²) in [6, 6.07) is 7.77. The van der Waals surface area contributed by atoms with Gasteiger partial charge in [-0.1, -0.05) is 43.9 Å². The molecular weight excluding hydrogens is 336 g/mol. The number of benzene rings is 1. The van der Waals surface area contributed by atoms with Crippen LogP contribution in [0.15, 0.2) is 24.3 Å². The van der Waals surface area contributed by atoms with Crippen molar-refractivity contribution in [3.05, 3.63) is 35.5 Å². The van der Waals surface area contributed by atoms with E-state index in [0.717, 1.165) is 28.7 Å². The standard InChI is InChI=1S/C19H26N2O3S/c1-25(23,24)21-17-9-5-4-8-14(17)19-15(10-20-11-18(19)21)16(12-22)13-6-2-3-7-13/h4-5,8-9,13,15-16,20,22H,2-3,6-7,10-12H2,1H3. The summed E-state index contributed by atoms with van der Waals surface area (Å²) in [7, 11) is -3.39. The second-order valence-corrected chi connectivity index (χ2v) is 9.36. The normalized spacial score (nSPS) is 23.0. The number of nitrogens with zero attached hydrogens (tertiary/aromatic N) is 1. The van der Waals surface area contributed by atoms with Gasteiger partial charge in [0.1, 0.15) is 0 Å². The highest BCUT2D eigenvalue weighted by Gasteiger charge is 2.38. The highest BCUT2D eigenvalue weighted by Crippen LogP contribution is 2.44. The molecule has 6 heteroatoms. The molecule has 1 fully saturated rings. The van der Waals surface area contributed by atoms with E-state index in [1.807, 2.05) is 24.3 Å². The van der Waals surface area contributed by atoms with Crippen molar-refractivity contribution in [3.8, 4) is 0 Å². The van der Waals surface area contributed by atoms with Crippen molar-refractivity contribution in [2.45, 2.75) is 38.1 Å². The Morgan fingerprint density at radius 3 is 2.68 bits per heavy atom. The Bertz CT molecular complexity index is 881. The minimum Gasteiger partial charge on any atom is -0.396 e. The lowest BCUT2D eigenvalue weighted by atomic mass is 9.75. The molecule has 0 bridgehead atoms. The minimum atomic E-state index is -3.39. The van der Waals surface area contributed by atoms with E-state index >= 15 is 0 Å². The van der Waals surface area contributed by atoms with Crippen LogP contribution < -0.4 is 5.32 Å². The molecule has 1 saturated carbocycles. The van der Waals surface area contributed by atoms with Gasteiger partial charge in [-0.25, -0.2) is 12.4 Å². The molecule has 2 atom stereocenters. The molecule has 0 radical (unpaired) electrons. The molecule has 0 spiro atoms. The number of nitrogens with one attached hydrogen (secondary N) is 1. The highest BCUT2D eigenvalue weighted by atomic mass is 32.2. The summed E-state index contributed by atoms with van der Waals surface area (Å²) in [4.78, 5) is 0. The molecule has 2 aromatic rings. The number of aromatic nitrogens is 1. The molecule has 0 amide bonds. The van der Waals surface area contributed by atoms with Gasteiger partial charge in [-0.3, -0.25) is 0 Å². The molecule has 5 nitrogen and oxygen atoms in total. The van der Waals surface area contributed by atoms with E-state index in [-0.39, 0.29) is 18.4 Å². The molecule has 2 aliphatic rings. The Kier molecular flexibility index (Phi) is 4.38. The summed E-state index contributed by atoms with van der Waals surface area (Å²) in [6.45, 7) is 1.51. The summed E-state index contributed by atoms with van der Waals surface area (Å²) >= 11 is 0. The fraction of sp³-hybridized carbons (Fsp3) is 0.579. The van der Waals surface area contributed by atoms with Crippen LogP contribution in [0.2, 0.25) is 0 Å². The van der Waals surface area contributed by atoms with Gasteiger partial charge in [-0.05, 0) is 23.5 Å². The molecule has 1 aromatic carbocycles. The smallest absolute Gasteiger partial charge is 0.236 e. The number of aliphatic hydroxyl groups excluding tert-OH is 1. The van der Waals surface area contributed by atoms with Crippen molar-refractivity contribution in [3.63, 3.8) is 0 Å². The number of para-hydroxylation sites is 1. The van der Waals surface area contributed by atoms with E-state index in [1.54, 1.807) is 0 Å². The Labute approximate surface area is 149 Å². The third-order valence-corrected chi connectivity index (χ3v) is 7.14. The second-order valence-electron chi connectivity index (χ2n) is 7.53. The lowest BCUT2D eigenvalue weighted by molar-refractivity contribution is 0.147. The Balaban J connectivity index is 1.92. The van der Waals surface area contributed by atoms with Crippen LogP contribution in [-0.4, -0.2) is 36.9 Å². The van der Waals surface area contributed by atoms with Crippen molar-refractivity contribution < 1.29 is 13.5 Å². The number of hydrogen-bond acceptors (Lipinski definition) is 4. The molecule has 4 rings (SSSR count). The van der Waals surface area contributed by atoms with Crippen molar-refractivity contribution in [1.29, 1.82) is 0 Å². The number of fused-ring (bicyclic) bond motifs is 3. The molecule has 2 heterocycles. The highest BCUT2D eigenvalue weighted by molar-refractivity contribution is 7.89. The van der Waals surface area contributed by atoms with Gasteiger partial charge in [0.25, 0.3) is 0 Å². The quantitative estimate of drug-likeness (QED) is 0.876. The summed E-state index contributed by atoms with van der Waals surface area (Å²) in [5.74, 6) is 0.876. The molecule has 136 valence electrons. The van der Waals surface area contributed by atoms with Crippen LogP contribution in [0.5, 0.6) is 0 Å². The van der Waals surface area contributed by atoms with E-state index < -0.39 is 10.0 Å². The predicted molar refractivity (Wildman–Crippen MR) is 99.2 cm³/mol. The second kappa shape index (κ2) is 6.41. The van der Waals surface area contributed by atoms with Gasteiger partial charge in [0, 0.05) is 31.0 Å². The Morgan fingerprint density at radius 2 is 2.00 bits per heavy atom. The monoisotopic (exact) mass is 362 g/mol. The predicted octanol–water partition coefficient (Wildman–Crippen LogP) is 2.43. The molecule has 0 saturated heterocycles. The summed E-state index contributed by atoms with van der Waals surface area (Å²) in [5, 5.41) is 14.6. The topological polar surface area (TPSA) is 71.3 Å². The molecule has 2 unspecified atom stereocenters. The largest absolute Gasteiger partial charge is 0.396 e. The first-order valence-corrected chi connectivity index (χ1v) is 11.0. The molecule has 1 aliphatic heterocycles. The lowest BCUT2D eigenvalue weighted by Gasteiger charge is -2.34. The zero-order chi connectivity index (χ0) is 17.6. The van der Waals surface area contributed by atoms with E-state index in [4.69, 9.17) is 0 Å². The zero-order valence-corrected chi connectivity index (χ0v) is 15.4. The molecule has 1 aromatic heterocycles. The van der Waals surface area contributed by atoms with Crippen molar-refractivity contribution in [2.75, 3.05) is 19.4 Å². The van der Waals surface area contributed by atoms with Crippen LogP contribution >= 0.6 is 0 Å². The van der Waals surface area contributed by atoms with E-state index in [1.165, 1.54) is 35.9 Å². The Hall–Kier alpha value is -1.37. The fourth-order valence-electron chi connectivity index (χ4n) is 5.05. The van der Waals surface area contributed by atoms with Crippen LogP contribution in [0.4, 0.5) is 0 Å². The summed E-state index contributed by atoms with van der Waals surface area (Å²) in [6.07, 6.45) is 6.08. The molecule has 2 N–H and O–H groups in total. The van der Waals surface area contributed by atoms with E-state index in [9.17, 15) is 13.5 Å². The first-order valence-electron chi connectivity index (χ1n) is 9.16. The number of hydrogen-bond donors (Lipinski definition) is 2. The summed E-state index contributed by atoms with van der Waals surface area (Å²) < 4.78 is 26.4. The van der Waals surface area contributed by atoms with E-state index in [0.29, 0.717) is 12.5 Å². The van der Waals surface area contributed by atoms with Gasteiger partial charge < -0.3 is 10.4 Å². The maximum absolute atomic E-state index is 12.5. The zero-order valence-electron chi connectivity index (χ0n) is 14.6. The number of aliphatic hydroxyl groups is 1. The maximum atomic E-state index is 12.5. The summed E-state index contributed by atoms with van der Waals surface area (Å²) in [5.41, 5.74) is 2.73. The van der Waals surface area contributed by atoms with Crippen LogP contribution in [-0.2, 0) is 16.6 Å². The van der Waals surface area contributed by atoms with Gasteiger partial charge in [0.2, 0.25) is 10.0 Å². The van der Waals surface area contributed by atoms with Gasteiger partial charge in [0.05, 0.1) is 17.5 Å². The SMILES string of the molecule is CS(=O)(=O)n1c2c(c3ccccc31)C(C(CO)C1CCCC1)CNC2. The maximum Gasteiger partial charge on any atom is 0.236 e. The van der Waals surface area contributed by atoms with Gasteiger partial charge in [-0.2, -0.15) is 0 Å². The number of rotatable bonds is 4. The van der Waals surface area contributed by atoms with E-state index in [2.05, 4.69) is 5.32 Å². The first-order chi connectivity index (χ1) is 12.0. The van der Waals surface area contributed by atoms with Gasteiger partial charge in [0.15, 0.2) is 0 Å². The fourth-order valence-corrected chi connectivity index (χ4v) is 6.13. The molecule has 25 heavy (non-hydrogen) atoms.